The van der Waals surface area contributed by atoms with E-state index < -0.39 is 11.6 Å². The summed E-state index contributed by atoms with van der Waals surface area (Å²) in [6.07, 6.45) is 1.27. The summed E-state index contributed by atoms with van der Waals surface area (Å²) in [4.78, 5) is 29.0. The summed E-state index contributed by atoms with van der Waals surface area (Å²) in [5, 5.41) is 3.10. The van der Waals surface area contributed by atoms with E-state index in [-0.39, 0.29) is 18.2 Å². The molecule has 0 aliphatic rings. The van der Waals surface area contributed by atoms with Gasteiger partial charge in [-0.1, -0.05) is 76.1 Å². The van der Waals surface area contributed by atoms with E-state index in [2.05, 4.69) is 21.2 Å². The van der Waals surface area contributed by atoms with Gasteiger partial charge >= 0.3 is 0 Å². The second-order valence-corrected chi connectivity index (χ2v) is 11.3. The molecule has 0 aromatic heterocycles. The van der Waals surface area contributed by atoms with Crippen LogP contribution < -0.4 is 10.1 Å². The quantitative estimate of drug-likeness (QED) is 0.271. The minimum Gasteiger partial charge on any atom is -0.494 e. The Balaban J connectivity index is 1.81. The second kappa shape index (κ2) is 13.4. The third kappa shape index (κ3) is 9.69. The standard InChI is InChI=1S/C31H37BrN2O3/c1-23-15-17-27(18-16-23)37-19-9-14-29(35)34(22-25-12-8-13-26(32)20-25)28(30(36)33-31(2,3)4)21-24-10-6-5-7-11-24/h5-8,10-13,15-18,20,28H,9,14,19,21-22H2,1-4H3,(H,33,36)/t28-/m1/s1. The van der Waals surface area contributed by atoms with Gasteiger partial charge in [0.1, 0.15) is 11.8 Å². The maximum absolute atomic E-state index is 13.7. The Morgan fingerprint density at radius 3 is 2.27 bits per heavy atom. The third-order valence-corrected chi connectivity index (χ3v) is 6.33. The highest BCUT2D eigenvalue weighted by molar-refractivity contribution is 9.10. The lowest BCUT2D eigenvalue weighted by atomic mass is 10.00. The molecule has 0 aliphatic heterocycles. The molecule has 0 heterocycles. The molecule has 3 rings (SSSR count). The van der Waals surface area contributed by atoms with Crippen LogP contribution in [-0.2, 0) is 22.6 Å². The number of carbonyl (C=O) groups is 2. The highest BCUT2D eigenvalue weighted by atomic mass is 79.9. The zero-order chi connectivity index (χ0) is 26.8. The van der Waals surface area contributed by atoms with Crippen molar-refractivity contribution in [1.82, 2.24) is 10.2 Å². The van der Waals surface area contributed by atoms with E-state index in [1.165, 1.54) is 5.56 Å². The van der Waals surface area contributed by atoms with Crippen LogP contribution in [0.15, 0.2) is 83.3 Å². The zero-order valence-electron chi connectivity index (χ0n) is 22.2. The number of amides is 2. The fourth-order valence-corrected chi connectivity index (χ4v) is 4.48. The largest absolute Gasteiger partial charge is 0.494 e. The van der Waals surface area contributed by atoms with E-state index in [9.17, 15) is 9.59 Å². The van der Waals surface area contributed by atoms with Gasteiger partial charge in [-0.15, -0.1) is 0 Å². The van der Waals surface area contributed by atoms with Gasteiger partial charge in [0.15, 0.2) is 0 Å². The Morgan fingerprint density at radius 2 is 1.62 bits per heavy atom. The molecule has 3 aromatic carbocycles. The minimum atomic E-state index is -0.647. The van der Waals surface area contributed by atoms with Crippen LogP contribution in [0.4, 0.5) is 0 Å². The molecule has 0 bridgehead atoms. The SMILES string of the molecule is Cc1ccc(OCCCC(=O)N(Cc2cccc(Br)c2)[C@H](Cc2ccccc2)C(=O)NC(C)(C)C)cc1. The number of nitrogens with zero attached hydrogens (tertiary/aromatic N) is 1. The van der Waals surface area contributed by atoms with Crippen molar-refractivity contribution in [3.05, 3.63) is 100 Å². The van der Waals surface area contributed by atoms with Crippen molar-refractivity contribution in [2.75, 3.05) is 6.61 Å². The summed E-state index contributed by atoms with van der Waals surface area (Å²) in [6.45, 7) is 8.65. The fraction of sp³-hybridized carbons (Fsp3) is 0.355. The summed E-state index contributed by atoms with van der Waals surface area (Å²) < 4.78 is 6.77. The van der Waals surface area contributed by atoms with Crippen molar-refractivity contribution in [3.63, 3.8) is 0 Å². The Hall–Kier alpha value is -3.12. The van der Waals surface area contributed by atoms with Crippen molar-refractivity contribution in [2.24, 2.45) is 0 Å². The number of benzene rings is 3. The molecule has 196 valence electrons. The molecular formula is C31H37BrN2O3. The van der Waals surface area contributed by atoms with Crippen LogP contribution in [0.2, 0.25) is 0 Å². The van der Waals surface area contributed by atoms with Gasteiger partial charge in [-0.25, -0.2) is 0 Å². The van der Waals surface area contributed by atoms with E-state index in [1.807, 2.05) is 107 Å². The number of ether oxygens (including phenoxy) is 1. The number of halogens is 1. The van der Waals surface area contributed by atoms with Crippen molar-refractivity contribution in [2.45, 2.75) is 65.1 Å². The van der Waals surface area contributed by atoms with Crippen LogP contribution in [0.5, 0.6) is 5.75 Å². The number of carbonyl (C=O) groups excluding carboxylic acids is 2. The highest BCUT2D eigenvalue weighted by Crippen LogP contribution is 2.20. The summed E-state index contributed by atoms with van der Waals surface area (Å²) in [7, 11) is 0. The topological polar surface area (TPSA) is 58.6 Å². The highest BCUT2D eigenvalue weighted by Gasteiger charge is 2.32. The van der Waals surface area contributed by atoms with Gasteiger partial charge < -0.3 is 15.0 Å². The molecule has 0 radical (unpaired) electrons. The Bertz CT molecular complexity index is 1160. The maximum Gasteiger partial charge on any atom is 0.243 e. The van der Waals surface area contributed by atoms with Crippen LogP contribution in [0.1, 0.15) is 50.3 Å². The molecule has 37 heavy (non-hydrogen) atoms. The summed E-state index contributed by atoms with van der Waals surface area (Å²) in [6, 6.07) is 24.9. The lowest BCUT2D eigenvalue weighted by molar-refractivity contribution is -0.142. The van der Waals surface area contributed by atoms with Gasteiger partial charge in [0.05, 0.1) is 6.61 Å². The maximum atomic E-state index is 13.7. The lowest BCUT2D eigenvalue weighted by Crippen LogP contribution is -2.54. The molecule has 1 atom stereocenters. The third-order valence-electron chi connectivity index (χ3n) is 5.84. The number of rotatable bonds is 11. The van der Waals surface area contributed by atoms with E-state index >= 15 is 0 Å². The first kappa shape index (κ1) is 28.5. The summed E-state index contributed by atoms with van der Waals surface area (Å²) in [5.41, 5.74) is 2.72. The molecule has 0 unspecified atom stereocenters. The summed E-state index contributed by atoms with van der Waals surface area (Å²) >= 11 is 3.53. The van der Waals surface area contributed by atoms with Gasteiger partial charge in [-0.2, -0.15) is 0 Å². The Labute approximate surface area is 229 Å². The number of hydrogen-bond donors (Lipinski definition) is 1. The fourth-order valence-electron chi connectivity index (χ4n) is 4.03. The van der Waals surface area contributed by atoms with E-state index in [1.54, 1.807) is 4.90 Å². The first-order valence-corrected chi connectivity index (χ1v) is 13.5. The molecule has 2 amide bonds. The van der Waals surface area contributed by atoms with Crippen LogP contribution in [0.3, 0.4) is 0 Å². The molecule has 0 fully saturated rings. The lowest BCUT2D eigenvalue weighted by Gasteiger charge is -2.34. The van der Waals surface area contributed by atoms with Crippen LogP contribution in [0, 0.1) is 6.92 Å². The molecule has 0 aliphatic carbocycles. The van der Waals surface area contributed by atoms with Crippen molar-refractivity contribution >= 4 is 27.7 Å². The minimum absolute atomic E-state index is 0.0718. The van der Waals surface area contributed by atoms with Gasteiger partial charge in [-0.05, 0) is 69.5 Å². The van der Waals surface area contributed by atoms with Gasteiger partial charge in [0, 0.05) is 29.4 Å². The van der Waals surface area contributed by atoms with Crippen LogP contribution in [-0.4, -0.2) is 34.9 Å². The van der Waals surface area contributed by atoms with E-state index in [0.29, 0.717) is 26.0 Å². The normalized spacial score (nSPS) is 12.0. The molecule has 0 saturated heterocycles. The molecule has 6 heteroatoms. The monoisotopic (exact) mass is 564 g/mol. The van der Waals surface area contributed by atoms with Crippen LogP contribution in [0.25, 0.3) is 0 Å². The zero-order valence-corrected chi connectivity index (χ0v) is 23.8. The predicted octanol–water partition coefficient (Wildman–Crippen LogP) is 6.47. The Morgan fingerprint density at radius 1 is 0.946 bits per heavy atom. The van der Waals surface area contributed by atoms with Crippen molar-refractivity contribution in [3.8, 4) is 5.75 Å². The predicted molar refractivity (Wildman–Crippen MR) is 152 cm³/mol. The second-order valence-electron chi connectivity index (χ2n) is 10.4. The van der Waals surface area contributed by atoms with E-state index in [0.717, 1.165) is 21.3 Å². The van der Waals surface area contributed by atoms with E-state index in [4.69, 9.17) is 4.74 Å². The van der Waals surface area contributed by atoms with Gasteiger partial charge in [0.2, 0.25) is 11.8 Å². The molecule has 0 spiro atoms. The number of hydrogen-bond acceptors (Lipinski definition) is 3. The number of aryl methyl sites for hydroxylation is 1. The Kier molecular flexibility index (Phi) is 10.3. The van der Waals surface area contributed by atoms with Gasteiger partial charge in [0.25, 0.3) is 0 Å². The number of nitrogens with one attached hydrogen (secondary N) is 1. The van der Waals surface area contributed by atoms with Crippen LogP contribution >= 0.6 is 15.9 Å². The first-order chi connectivity index (χ1) is 17.6. The molecular weight excluding hydrogens is 528 g/mol. The first-order valence-electron chi connectivity index (χ1n) is 12.7. The van der Waals surface area contributed by atoms with Crippen molar-refractivity contribution in [1.29, 1.82) is 0 Å². The molecule has 1 N–H and O–H groups in total. The molecule has 3 aromatic rings. The van der Waals surface area contributed by atoms with Crippen molar-refractivity contribution < 1.29 is 14.3 Å². The van der Waals surface area contributed by atoms with Gasteiger partial charge in [-0.3, -0.25) is 9.59 Å². The average Bonchev–Trinajstić information content (AvgIpc) is 2.84. The molecule has 0 saturated carbocycles. The summed E-state index contributed by atoms with van der Waals surface area (Å²) in [5.74, 6) is 0.559. The molecule has 5 nitrogen and oxygen atoms in total. The average molecular weight is 566 g/mol. The smallest absolute Gasteiger partial charge is 0.243 e.